The Labute approximate surface area is 89.9 Å². The first-order valence-corrected chi connectivity index (χ1v) is 4.82. The maximum Gasteiger partial charge on any atom is 0.334 e. The van der Waals surface area contributed by atoms with E-state index in [1.54, 1.807) is 20.9 Å². The van der Waals surface area contributed by atoms with Crippen molar-refractivity contribution in [1.29, 1.82) is 0 Å². The lowest BCUT2D eigenvalue weighted by Crippen LogP contribution is -2.41. The summed E-state index contributed by atoms with van der Waals surface area (Å²) in [6.45, 7) is 7.56. The highest BCUT2D eigenvalue weighted by atomic mass is 16.5. The number of nitrogens with one attached hydrogen (secondary N) is 2. The summed E-state index contributed by atoms with van der Waals surface area (Å²) < 4.78 is 4.74. The fourth-order valence-corrected chi connectivity index (χ4v) is 0.891. The summed E-state index contributed by atoms with van der Waals surface area (Å²) in [7, 11) is 1.56. The van der Waals surface area contributed by atoms with Crippen molar-refractivity contribution in [2.24, 2.45) is 0 Å². The van der Waals surface area contributed by atoms with Crippen LogP contribution in [-0.4, -0.2) is 38.1 Å². The molecule has 0 saturated carbocycles. The van der Waals surface area contributed by atoms with Crippen molar-refractivity contribution in [2.45, 2.75) is 19.9 Å². The molecule has 15 heavy (non-hydrogen) atoms. The predicted molar refractivity (Wildman–Crippen MR) is 57.3 cm³/mol. The quantitative estimate of drug-likeness (QED) is 0.476. The molecule has 0 aliphatic carbocycles. The molecule has 0 spiro atoms. The molecule has 2 N–H and O–H groups in total. The van der Waals surface area contributed by atoms with Gasteiger partial charge in [0.15, 0.2) is 0 Å². The lowest BCUT2D eigenvalue weighted by Gasteiger charge is -2.12. The van der Waals surface area contributed by atoms with Crippen LogP contribution in [-0.2, 0) is 14.3 Å². The fraction of sp³-hybridized carbons (Fsp3) is 0.600. The highest BCUT2D eigenvalue weighted by Gasteiger charge is 2.13. The van der Waals surface area contributed by atoms with E-state index in [4.69, 9.17) is 4.74 Å². The molecule has 5 nitrogen and oxygen atoms in total. The van der Waals surface area contributed by atoms with E-state index >= 15 is 0 Å². The van der Waals surface area contributed by atoms with Crippen molar-refractivity contribution in [3.05, 3.63) is 12.2 Å². The highest BCUT2D eigenvalue weighted by molar-refractivity contribution is 5.88. The van der Waals surface area contributed by atoms with Gasteiger partial charge in [-0.05, 0) is 13.8 Å². The molecule has 5 heteroatoms. The predicted octanol–water partition coefficient (Wildman–Crippen LogP) is -0.170. The molecule has 0 aliphatic rings. The molecule has 0 aromatic carbocycles. The fourth-order valence-electron chi connectivity index (χ4n) is 0.891. The van der Waals surface area contributed by atoms with E-state index in [1.807, 2.05) is 0 Å². The molecule has 0 saturated heterocycles. The van der Waals surface area contributed by atoms with Gasteiger partial charge in [-0.15, -0.1) is 0 Å². The standard InChI is InChI=1S/C10H18N2O3/c1-5-15-10(14)7(2)6-12-8(3)9(13)11-4/h8,12H,2,5-6H2,1,3-4H3,(H,11,13). The number of amides is 1. The molecule has 86 valence electrons. The number of likely N-dealkylation sites (N-methyl/N-ethyl adjacent to an activating group) is 1. The molecule has 0 aromatic heterocycles. The van der Waals surface area contributed by atoms with Crippen LogP contribution in [0.4, 0.5) is 0 Å². The van der Waals surface area contributed by atoms with Crippen LogP contribution in [0.15, 0.2) is 12.2 Å². The minimum absolute atomic E-state index is 0.133. The van der Waals surface area contributed by atoms with Gasteiger partial charge in [0.25, 0.3) is 0 Å². The second-order valence-corrected chi connectivity index (χ2v) is 3.04. The van der Waals surface area contributed by atoms with Crippen LogP contribution in [0.5, 0.6) is 0 Å². The van der Waals surface area contributed by atoms with Gasteiger partial charge >= 0.3 is 5.97 Å². The summed E-state index contributed by atoms with van der Waals surface area (Å²) in [5, 5.41) is 5.36. The molecule has 1 atom stereocenters. The lowest BCUT2D eigenvalue weighted by molar-refractivity contribution is -0.138. The molecule has 0 aromatic rings. The van der Waals surface area contributed by atoms with Gasteiger partial charge in [-0.1, -0.05) is 6.58 Å². The second-order valence-electron chi connectivity index (χ2n) is 3.04. The third kappa shape index (κ3) is 5.17. The first kappa shape index (κ1) is 13.6. The zero-order chi connectivity index (χ0) is 11.8. The number of hydrogen-bond donors (Lipinski definition) is 2. The van der Waals surface area contributed by atoms with Crippen molar-refractivity contribution in [3.8, 4) is 0 Å². The smallest absolute Gasteiger partial charge is 0.334 e. The molecule has 0 heterocycles. The van der Waals surface area contributed by atoms with Crippen molar-refractivity contribution in [1.82, 2.24) is 10.6 Å². The zero-order valence-corrected chi connectivity index (χ0v) is 9.42. The number of ether oxygens (including phenoxy) is 1. The average Bonchev–Trinajstić information content (AvgIpc) is 2.24. The van der Waals surface area contributed by atoms with Gasteiger partial charge in [0, 0.05) is 19.2 Å². The Morgan fingerprint density at radius 3 is 2.53 bits per heavy atom. The van der Waals surface area contributed by atoms with Gasteiger partial charge in [0.2, 0.25) is 5.91 Å². The number of rotatable bonds is 6. The van der Waals surface area contributed by atoms with Crippen molar-refractivity contribution < 1.29 is 14.3 Å². The molecule has 1 amide bonds. The van der Waals surface area contributed by atoms with Crippen molar-refractivity contribution in [3.63, 3.8) is 0 Å². The van der Waals surface area contributed by atoms with Crippen LogP contribution in [0.25, 0.3) is 0 Å². The number of esters is 1. The van der Waals surface area contributed by atoms with E-state index in [1.165, 1.54) is 0 Å². The molecule has 0 fully saturated rings. The summed E-state index contributed by atoms with van der Waals surface area (Å²) >= 11 is 0. The molecular formula is C10H18N2O3. The van der Waals surface area contributed by atoms with Gasteiger partial charge in [-0.3, -0.25) is 4.79 Å². The van der Waals surface area contributed by atoms with Gasteiger partial charge in [0.05, 0.1) is 12.6 Å². The topological polar surface area (TPSA) is 67.4 Å². The molecular weight excluding hydrogens is 196 g/mol. The molecule has 0 bridgehead atoms. The van der Waals surface area contributed by atoms with Crippen LogP contribution in [0.3, 0.4) is 0 Å². The van der Waals surface area contributed by atoms with E-state index in [0.717, 1.165) is 0 Å². The molecule has 0 rings (SSSR count). The monoisotopic (exact) mass is 214 g/mol. The Morgan fingerprint density at radius 1 is 1.47 bits per heavy atom. The summed E-state index contributed by atoms with van der Waals surface area (Å²) in [6, 6.07) is -0.360. The molecule has 0 radical (unpaired) electrons. The average molecular weight is 214 g/mol. The summed E-state index contributed by atoms with van der Waals surface area (Å²) in [4.78, 5) is 22.2. The first-order chi connectivity index (χ1) is 7.02. The van der Waals surface area contributed by atoms with Gasteiger partial charge < -0.3 is 15.4 Å². The van der Waals surface area contributed by atoms with Gasteiger partial charge in [0.1, 0.15) is 0 Å². The number of hydrogen-bond acceptors (Lipinski definition) is 4. The van der Waals surface area contributed by atoms with E-state index in [0.29, 0.717) is 12.2 Å². The van der Waals surface area contributed by atoms with Crippen LogP contribution < -0.4 is 10.6 Å². The van der Waals surface area contributed by atoms with E-state index in [-0.39, 0.29) is 18.5 Å². The lowest BCUT2D eigenvalue weighted by atomic mass is 10.2. The van der Waals surface area contributed by atoms with Crippen LogP contribution in [0.2, 0.25) is 0 Å². The maximum absolute atomic E-state index is 11.1. The molecule has 0 aliphatic heterocycles. The number of carbonyl (C=O) groups excluding carboxylic acids is 2. The van der Waals surface area contributed by atoms with E-state index in [9.17, 15) is 9.59 Å². The van der Waals surface area contributed by atoms with E-state index < -0.39 is 5.97 Å². The summed E-state index contributed by atoms with van der Waals surface area (Å²) in [6.07, 6.45) is 0. The number of carbonyl (C=O) groups is 2. The Morgan fingerprint density at radius 2 is 2.07 bits per heavy atom. The molecule has 1 unspecified atom stereocenters. The third-order valence-electron chi connectivity index (χ3n) is 1.83. The second kappa shape index (κ2) is 7.00. The minimum atomic E-state index is -0.436. The Kier molecular flexibility index (Phi) is 6.37. The van der Waals surface area contributed by atoms with Crippen LogP contribution in [0.1, 0.15) is 13.8 Å². The van der Waals surface area contributed by atoms with Crippen LogP contribution >= 0.6 is 0 Å². The maximum atomic E-state index is 11.1. The van der Waals surface area contributed by atoms with Crippen LogP contribution in [0, 0.1) is 0 Å². The largest absolute Gasteiger partial charge is 0.463 e. The zero-order valence-electron chi connectivity index (χ0n) is 9.42. The van der Waals surface area contributed by atoms with Gasteiger partial charge in [-0.25, -0.2) is 4.79 Å². The van der Waals surface area contributed by atoms with Crippen molar-refractivity contribution in [2.75, 3.05) is 20.2 Å². The first-order valence-electron chi connectivity index (χ1n) is 4.82. The Hall–Kier alpha value is -1.36. The summed E-state index contributed by atoms with van der Waals surface area (Å²) in [5.74, 6) is -0.569. The minimum Gasteiger partial charge on any atom is -0.463 e. The van der Waals surface area contributed by atoms with Gasteiger partial charge in [-0.2, -0.15) is 0 Å². The third-order valence-corrected chi connectivity index (χ3v) is 1.83. The Balaban J connectivity index is 3.90. The summed E-state index contributed by atoms with van der Waals surface area (Å²) in [5.41, 5.74) is 0.313. The highest BCUT2D eigenvalue weighted by Crippen LogP contribution is 1.93. The van der Waals surface area contributed by atoms with E-state index in [2.05, 4.69) is 17.2 Å². The SMILES string of the molecule is C=C(CNC(C)C(=O)NC)C(=O)OCC. The van der Waals surface area contributed by atoms with Crippen molar-refractivity contribution >= 4 is 11.9 Å². The Bertz CT molecular complexity index is 251. The normalized spacial score (nSPS) is 11.7.